The van der Waals surface area contributed by atoms with Crippen molar-refractivity contribution in [3.05, 3.63) is 62.7 Å². The minimum absolute atomic E-state index is 0.00843. The summed E-state index contributed by atoms with van der Waals surface area (Å²) in [7, 11) is 1.36. The molecule has 0 aromatic heterocycles. The largest absolute Gasteiger partial charge is 0.507 e. The van der Waals surface area contributed by atoms with Gasteiger partial charge in [-0.05, 0) is 31.4 Å². The Labute approximate surface area is 249 Å². The van der Waals surface area contributed by atoms with E-state index in [1.165, 1.54) is 19.2 Å². The van der Waals surface area contributed by atoms with Gasteiger partial charge in [0.1, 0.15) is 17.2 Å². The van der Waals surface area contributed by atoms with Gasteiger partial charge in [0.15, 0.2) is 12.1 Å². The third-order valence-electron chi connectivity index (χ3n) is 9.20. The average Bonchev–Trinajstić information content (AvgIpc) is 2.95. The standard InChI is InChI=1S/C32H39NO10/c1-13(2)14(3)18(12-34)32(40)10-17-24(21(11-32)43-22-9-19(33)27(35)15(4)42-22)31(39)26-25(29(17)37)28(36)16-7-6-8-20(41-5)23(16)30(26)38/h6-8,13,15,19,21-22,27,34-35,37,39-40H,9-12,33H2,1-5H3/b18-14-/t15-,19-,21-,22-,27+,32-/m0/s1. The summed E-state index contributed by atoms with van der Waals surface area (Å²) < 4.78 is 17.5. The Morgan fingerprint density at radius 1 is 1.14 bits per heavy atom. The van der Waals surface area contributed by atoms with E-state index in [1.807, 2.05) is 13.8 Å². The van der Waals surface area contributed by atoms with E-state index in [-0.39, 0.29) is 58.7 Å². The van der Waals surface area contributed by atoms with Crippen LogP contribution in [0.1, 0.15) is 89.6 Å². The second kappa shape index (κ2) is 11.3. The number of nitrogens with two attached hydrogens (primary N) is 1. The molecule has 232 valence electrons. The Morgan fingerprint density at radius 2 is 1.81 bits per heavy atom. The molecule has 1 fully saturated rings. The van der Waals surface area contributed by atoms with Gasteiger partial charge in [-0.1, -0.05) is 31.6 Å². The lowest BCUT2D eigenvalue weighted by Crippen LogP contribution is -2.52. The summed E-state index contributed by atoms with van der Waals surface area (Å²) in [5.74, 6) is -2.42. The van der Waals surface area contributed by atoms with Crippen LogP contribution < -0.4 is 10.5 Å². The number of rotatable bonds is 6. The molecular weight excluding hydrogens is 558 g/mol. The number of phenols is 2. The predicted octanol–water partition coefficient (Wildman–Crippen LogP) is 2.40. The van der Waals surface area contributed by atoms with Gasteiger partial charge in [0.25, 0.3) is 0 Å². The number of hydrogen-bond acceptors (Lipinski definition) is 11. The van der Waals surface area contributed by atoms with Gasteiger partial charge in [-0.3, -0.25) is 9.59 Å². The van der Waals surface area contributed by atoms with Gasteiger partial charge in [0, 0.05) is 42.0 Å². The maximum atomic E-state index is 13.9. The van der Waals surface area contributed by atoms with Crippen molar-refractivity contribution in [2.75, 3.05) is 13.7 Å². The lowest BCUT2D eigenvalue weighted by Gasteiger charge is -2.44. The Balaban J connectivity index is 1.73. The van der Waals surface area contributed by atoms with Gasteiger partial charge in [-0.15, -0.1) is 0 Å². The van der Waals surface area contributed by atoms with Crippen molar-refractivity contribution in [1.82, 2.24) is 0 Å². The first kappa shape index (κ1) is 31.1. The molecule has 0 saturated carbocycles. The summed E-state index contributed by atoms with van der Waals surface area (Å²) in [6.45, 7) is 6.78. The molecular formula is C32H39NO10. The summed E-state index contributed by atoms with van der Waals surface area (Å²) in [5, 5.41) is 56.3. The number of aliphatic hydroxyl groups excluding tert-OH is 2. The molecule has 2 aromatic rings. The summed E-state index contributed by atoms with van der Waals surface area (Å²) in [5.41, 5.74) is 4.65. The van der Waals surface area contributed by atoms with Crippen molar-refractivity contribution in [1.29, 1.82) is 0 Å². The van der Waals surface area contributed by atoms with Crippen molar-refractivity contribution in [3.8, 4) is 17.2 Å². The highest BCUT2D eigenvalue weighted by atomic mass is 16.7. The van der Waals surface area contributed by atoms with E-state index in [0.29, 0.717) is 5.57 Å². The van der Waals surface area contributed by atoms with Crippen molar-refractivity contribution in [3.63, 3.8) is 0 Å². The van der Waals surface area contributed by atoms with Crippen LogP contribution in [0, 0.1) is 5.92 Å². The zero-order chi connectivity index (χ0) is 31.5. The van der Waals surface area contributed by atoms with Crippen LogP contribution >= 0.6 is 0 Å². The fourth-order valence-corrected chi connectivity index (χ4v) is 6.61. The smallest absolute Gasteiger partial charge is 0.202 e. The molecule has 2 aromatic carbocycles. The third-order valence-corrected chi connectivity index (χ3v) is 9.20. The molecule has 0 unspecified atom stereocenters. The number of phenolic OH excluding ortho intramolecular Hbond substituents is 2. The lowest BCUT2D eigenvalue weighted by molar-refractivity contribution is -0.246. The highest BCUT2D eigenvalue weighted by Gasteiger charge is 2.49. The van der Waals surface area contributed by atoms with E-state index < -0.39 is 71.5 Å². The highest BCUT2D eigenvalue weighted by molar-refractivity contribution is 6.31. The number of methoxy groups -OCH3 is 1. The predicted molar refractivity (Wildman–Crippen MR) is 154 cm³/mol. The van der Waals surface area contributed by atoms with Crippen LogP contribution in [0.5, 0.6) is 17.2 Å². The van der Waals surface area contributed by atoms with Crippen molar-refractivity contribution < 1.29 is 49.3 Å². The van der Waals surface area contributed by atoms with Crippen LogP contribution in [0.25, 0.3) is 0 Å². The third kappa shape index (κ3) is 4.94. The Kier molecular flexibility index (Phi) is 8.18. The molecule has 0 spiro atoms. The van der Waals surface area contributed by atoms with Crippen LogP contribution in [0.4, 0.5) is 0 Å². The van der Waals surface area contributed by atoms with Gasteiger partial charge in [0.2, 0.25) is 5.78 Å². The molecule has 6 atom stereocenters. The molecule has 1 saturated heterocycles. The summed E-state index contributed by atoms with van der Waals surface area (Å²) >= 11 is 0. The quantitative estimate of drug-likeness (QED) is 0.181. The zero-order valence-electron chi connectivity index (χ0n) is 24.9. The fraction of sp³-hybridized carbons (Fsp3) is 0.500. The van der Waals surface area contributed by atoms with E-state index in [9.17, 15) is 35.1 Å². The number of ketones is 2. The number of carbonyl (C=O) groups is 2. The van der Waals surface area contributed by atoms with Gasteiger partial charge in [-0.2, -0.15) is 0 Å². The minimum atomic E-state index is -1.76. The van der Waals surface area contributed by atoms with Gasteiger partial charge >= 0.3 is 0 Å². The summed E-state index contributed by atoms with van der Waals surface area (Å²) in [6.07, 6.45) is -4.13. The highest BCUT2D eigenvalue weighted by Crippen LogP contribution is 2.54. The number of fused-ring (bicyclic) bond motifs is 3. The SMILES string of the molecule is COc1cccc2c1C(=O)c1c(O)c3c(c(O)c1C2=O)C[C@@](O)(/C(CO)=C(/C)C(C)C)C[C@@H]3O[C@H]1C[C@H](N)[C@H](O)[C@H](C)O1. The summed E-state index contributed by atoms with van der Waals surface area (Å²) in [4.78, 5) is 27.6. The van der Waals surface area contributed by atoms with Crippen molar-refractivity contribution >= 4 is 11.6 Å². The fourth-order valence-electron chi connectivity index (χ4n) is 6.61. The number of hydrogen-bond donors (Lipinski definition) is 6. The molecule has 5 rings (SSSR count). The number of aromatic hydroxyl groups is 2. The van der Waals surface area contributed by atoms with E-state index >= 15 is 0 Å². The van der Waals surface area contributed by atoms with Crippen LogP contribution in [0.3, 0.4) is 0 Å². The van der Waals surface area contributed by atoms with Gasteiger partial charge in [0.05, 0.1) is 54.3 Å². The monoisotopic (exact) mass is 597 g/mol. The number of benzene rings is 2. The topological polar surface area (TPSA) is 189 Å². The molecule has 11 heteroatoms. The molecule has 1 heterocycles. The van der Waals surface area contributed by atoms with Crippen LogP contribution in [-0.4, -0.2) is 81.0 Å². The van der Waals surface area contributed by atoms with E-state index in [1.54, 1.807) is 19.9 Å². The number of ether oxygens (including phenoxy) is 3. The first-order valence-electron chi connectivity index (χ1n) is 14.4. The molecule has 3 aliphatic rings. The minimum Gasteiger partial charge on any atom is -0.507 e. The Hall–Kier alpha value is -3.32. The summed E-state index contributed by atoms with van der Waals surface area (Å²) in [6, 6.07) is 3.83. The lowest BCUT2D eigenvalue weighted by atomic mass is 9.69. The van der Waals surface area contributed by atoms with Crippen LogP contribution in [-0.2, 0) is 15.9 Å². The van der Waals surface area contributed by atoms with Crippen molar-refractivity contribution in [2.24, 2.45) is 11.7 Å². The Bertz CT molecular complexity index is 1500. The van der Waals surface area contributed by atoms with Crippen molar-refractivity contribution in [2.45, 2.75) is 83.2 Å². The molecule has 0 radical (unpaired) electrons. The van der Waals surface area contributed by atoms with Gasteiger partial charge in [-0.25, -0.2) is 0 Å². The van der Waals surface area contributed by atoms with E-state index in [2.05, 4.69) is 0 Å². The van der Waals surface area contributed by atoms with E-state index in [4.69, 9.17) is 19.9 Å². The molecule has 11 nitrogen and oxygen atoms in total. The first-order valence-corrected chi connectivity index (χ1v) is 14.4. The zero-order valence-corrected chi connectivity index (χ0v) is 24.9. The second-order valence-corrected chi connectivity index (χ2v) is 12.1. The molecule has 0 amide bonds. The van der Waals surface area contributed by atoms with Crippen LogP contribution in [0.15, 0.2) is 29.3 Å². The maximum Gasteiger partial charge on any atom is 0.202 e. The van der Waals surface area contributed by atoms with Crippen LogP contribution in [0.2, 0.25) is 0 Å². The normalized spacial score (nSPS) is 29.1. The molecule has 2 aliphatic carbocycles. The first-order chi connectivity index (χ1) is 20.2. The number of aliphatic hydroxyl groups is 3. The number of carbonyl (C=O) groups excluding carboxylic acids is 2. The number of allylic oxidation sites excluding steroid dienone is 1. The van der Waals surface area contributed by atoms with Gasteiger partial charge < -0.3 is 45.5 Å². The second-order valence-electron chi connectivity index (χ2n) is 12.1. The molecule has 1 aliphatic heterocycles. The average molecular weight is 598 g/mol. The van der Waals surface area contributed by atoms with E-state index in [0.717, 1.165) is 5.57 Å². The Morgan fingerprint density at radius 3 is 2.42 bits per heavy atom. The molecule has 0 bridgehead atoms. The molecule has 43 heavy (non-hydrogen) atoms. The maximum absolute atomic E-state index is 13.9. The molecule has 7 N–H and O–H groups in total.